The first-order chi connectivity index (χ1) is 16.5. The molecule has 0 heterocycles. The molecule has 2 aliphatic rings. The number of ether oxygens (including phenoxy) is 1. The summed E-state index contributed by atoms with van der Waals surface area (Å²) < 4.78 is 60.6. The Balaban J connectivity index is 1.83. The summed E-state index contributed by atoms with van der Waals surface area (Å²) in [5, 5.41) is 2.44. The van der Waals surface area contributed by atoms with Crippen molar-refractivity contribution in [2.24, 2.45) is 23.2 Å². The smallest absolute Gasteiger partial charge is 0.392 e. The topological polar surface area (TPSA) is 55.4 Å². The monoisotopic (exact) mass is 549 g/mol. The lowest BCUT2D eigenvalue weighted by atomic mass is 9.78. The van der Waals surface area contributed by atoms with Crippen molar-refractivity contribution >= 4 is 40.8 Å². The molecule has 0 spiro atoms. The highest BCUT2D eigenvalue weighted by Gasteiger charge is 2.52. The second-order valence-corrected chi connectivity index (χ2v) is 11.4. The maximum atomic E-state index is 14.1. The number of rotatable bonds is 7. The van der Waals surface area contributed by atoms with E-state index in [9.17, 15) is 27.2 Å². The third-order valence-electron chi connectivity index (χ3n) is 6.49. The molecule has 2 aliphatic carbocycles. The molecule has 0 saturated heterocycles. The first-order valence-corrected chi connectivity index (χ1v) is 12.4. The number of esters is 1. The average molecular weight is 550 g/mol. The highest BCUT2D eigenvalue weighted by molar-refractivity contribution is 6.33. The minimum Gasteiger partial charge on any atom is -0.460 e. The Morgan fingerprint density at radius 3 is 2.36 bits per heavy atom. The normalized spacial score (nSPS) is 21.1. The lowest BCUT2D eigenvalue weighted by Crippen LogP contribution is -2.40. The summed E-state index contributed by atoms with van der Waals surface area (Å²) in [5.41, 5.74) is -0.516. The van der Waals surface area contributed by atoms with Crippen LogP contribution in [-0.2, 0) is 20.7 Å². The molecule has 10 heteroatoms. The van der Waals surface area contributed by atoms with Gasteiger partial charge in [0.1, 0.15) is 11.4 Å². The second-order valence-electron chi connectivity index (χ2n) is 10.6. The molecular weight excluding hydrogens is 521 g/mol. The van der Waals surface area contributed by atoms with Crippen LogP contribution in [-0.4, -0.2) is 23.7 Å². The van der Waals surface area contributed by atoms with E-state index < -0.39 is 46.7 Å². The summed E-state index contributed by atoms with van der Waals surface area (Å²) >= 11 is 12.0. The third kappa shape index (κ3) is 6.82. The first kappa shape index (κ1) is 28.5. The van der Waals surface area contributed by atoms with Crippen molar-refractivity contribution < 1.29 is 31.9 Å². The average Bonchev–Trinajstić information content (AvgIpc) is 3.52. The Labute approximate surface area is 218 Å². The van der Waals surface area contributed by atoms with E-state index in [1.54, 1.807) is 32.9 Å². The van der Waals surface area contributed by atoms with Gasteiger partial charge in [-0.05, 0) is 76.1 Å². The van der Waals surface area contributed by atoms with Crippen molar-refractivity contribution in [1.82, 2.24) is 0 Å². The summed E-state index contributed by atoms with van der Waals surface area (Å²) in [6, 6.07) is 4.76. The van der Waals surface area contributed by atoms with Gasteiger partial charge in [0, 0.05) is 0 Å². The van der Waals surface area contributed by atoms with Gasteiger partial charge in [-0.25, -0.2) is 4.39 Å². The number of carbonyl (C=O) groups is 2. The maximum absolute atomic E-state index is 14.1. The number of alkyl halides is 3. The van der Waals surface area contributed by atoms with Crippen LogP contribution < -0.4 is 5.32 Å². The molecule has 0 radical (unpaired) electrons. The van der Waals surface area contributed by atoms with Gasteiger partial charge < -0.3 is 10.1 Å². The van der Waals surface area contributed by atoms with Gasteiger partial charge in [0.25, 0.3) is 0 Å². The molecule has 0 bridgehead atoms. The highest BCUT2D eigenvalue weighted by atomic mass is 35.5. The van der Waals surface area contributed by atoms with Gasteiger partial charge in [0.2, 0.25) is 5.91 Å². The van der Waals surface area contributed by atoms with Crippen molar-refractivity contribution in [3.05, 3.63) is 51.8 Å². The number of carbonyl (C=O) groups excluding carboxylic acids is 2. The van der Waals surface area contributed by atoms with E-state index in [1.807, 2.05) is 0 Å². The quantitative estimate of drug-likeness (QED) is 0.279. The van der Waals surface area contributed by atoms with E-state index in [0.717, 1.165) is 13.0 Å². The zero-order valence-corrected chi connectivity index (χ0v) is 22.0. The van der Waals surface area contributed by atoms with Gasteiger partial charge >= 0.3 is 12.1 Å². The Kier molecular flexibility index (Phi) is 8.21. The van der Waals surface area contributed by atoms with Crippen LogP contribution in [0.3, 0.4) is 0 Å². The van der Waals surface area contributed by atoms with E-state index in [4.69, 9.17) is 27.9 Å². The van der Waals surface area contributed by atoms with Crippen molar-refractivity contribution in [3.63, 3.8) is 0 Å². The van der Waals surface area contributed by atoms with Gasteiger partial charge in [0.15, 0.2) is 0 Å². The van der Waals surface area contributed by atoms with Gasteiger partial charge in [-0.15, -0.1) is 0 Å². The molecule has 1 aromatic rings. The largest absolute Gasteiger partial charge is 0.460 e. The van der Waals surface area contributed by atoms with E-state index in [2.05, 4.69) is 5.32 Å². The molecule has 0 aromatic heterocycles. The van der Waals surface area contributed by atoms with E-state index >= 15 is 0 Å². The van der Waals surface area contributed by atoms with Crippen molar-refractivity contribution in [2.75, 3.05) is 5.32 Å². The molecule has 1 unspecified atom stereocenters. The fourth-order valence-corrected chi connectivity index (χ4v) is 4.61. The van der Waals surface area contributed by atoms with Crippen molar-refractivity contribution in [2.45, 2.75) is 65.2 Å². The van der Waals surface area contributed by atoms with Crippen LogP contribution in [0.25, 0.3) is 0 Å². The molecule has 1 fully saturated rings. The molecule has 1 saturated carbocycles. The SMILES string of the molecule is C[C@H]([C@H](C(=O)Nc1cc(CC2(C(=O)OC(C)(C)C)CC2)ccc1Cl)C1C=C(F)C(Cl)=CC1)C(F)(F)F. The highest BCUT2D eigenvalue weighted by Crippen LogP contribution is 2.50. The van der Waals surface area contributed by atoms with Crippen LogP contribution in [0.15, 0.2) is 41.2 Å². The second kappa shape index (κ2) is 10.4. The van der Waals surface area contributed by atoms with Gasteiger partial charge in [-0.3, -0.25) is 9.59 Å². The Morgan fingerprint density at radius 1 is 1.19 bits per heavy atom. The van der Waals surface area contributed by atoms with Crippen molar-refractivity contribution in [1.29, 1.82) is 0 Å². The number of hydrogen-bond acceptors (Lipinski definition) is 3. The number of nitrogens with one attached hydrogen (secondary N) is 1. The van der Waals surface area contributed by atoms with Crippen LogP contribution >= 0.6 is 23.2 Å². The lowest BCUT2D eigenvalue weighted by Gasteiger charge is -2.31. The summed E-state index contributed by atoms with van der Waals surface area (Å²) in [5.74, 6) is -6.83. The molecule has 1 N–H and O–H groups in total. The number of allylic oxidation sites excluding steroid dienone is 4. The van der Waals surface area contributed by atoms with Crippen LogP contribution in [0.2, 0.25) is 5.02 Å². The summed E-state index contributed by atoms with van der Waals surface area (Å²) in [7, 11) is 0. The number of anilines is 1. The standard InChI is InChI=1S/C26H29Cl2F4NO3/c1-14(26(30,31)32)21(16-6-8-17(27)19(29)12-16)22(34)33-20-11-15(5-7-18(20)28)13-25(9-10-25)23(35)36-24(2,3)4/h5,7-8,11-12,14,16,21H,6,9-10,13H2,1-4H3,(H,33,34)/t14-,16?,21+/m1/s1. The van der Waals surface area contributed by atoms with Crippen LogP contribution in [0.1, 0.15) is 52.5 Å². The molecule has 0 aliphatic heterocycles. The van der Waals surface area contributed by atoms with E-state index in [1.165, 1.54) is 12.1 Å². The lowest BCUT2D eigenvalue weighted by molar-refractivity contribution is -0.188. The molecular formula is C26H29Cl2F4NO3. The maximum Gasteiger partial charge on any atom is 0.392 e. The third-order valence-corrected chi connectivity index (χ3v) is 7.16. The van der Waals surface area contributed by atoms with Crippen LogP contribution in [0.5, 0.6) is 0 Å². The van der Waals surface area contributed by atoms with Gasteiger partial charge in [0.05, 0.1) is 33.0 Å². The molecule has 4 nitrogen and oxygen atoms in total. The zero-order chi connectivity index (χ0) is 27.1. The van der Waals surface area contributed by atoms with E-state index in [-0.39, 0.29) is 28.1 Å². The fourth-order valence-electron chi connectivity index (χ4n) is 4.29. The summed E-state index contributed by atoms with van der Waals surface area (Å²) in [6.45, 7) is 6.25. The first-order valence-electron chi connectivity index (χ1n) is 11.7. The van der Waals surface area contributed by atoms with E-state index in [0.29, 0.717) is 24.8 Å². The Bertz CT molecular complexity index is 1090. The number of benzene rings is 1. The molecule has 1 amide bonds. The van der Waals surface area contributed by atoms with Crippen LogP contribution in [0.4, 0.5) is 23.2 Å². The van der Waals surface area contributed by atoms with Gasteiger partial charge in [-0.1, -0.05) is 42.3 Å². The number of halogens is 6. The molecule has 198 valence electrons. The zero-order valence-electron chi connectivity index (χ0n) is 20.4. The number of amides is 1. The summed E-state index contributed by atoms with van der Waals surface area (Å²) in [6.07, 6.45) is -0.842. The molecule has 1 aromatic carbocycles. The Morgan fingerprint density at radius 2 is 1.83 bits per heavy atom. The predicted molar refractivity (Wildman–Crippen MR) is 131 cm³/mol. The van der Waals surface area contributed by atoms with Gasteiger partial charge in [-0.2, -0.15) is 13.2 Å². The molecule has 3 rings (SSSR count). The predicted octanol–water partition coefficient (Wildman–Crippen LogP) is 7.75. The molecule has 36 heavy (non-hydrogen) atoms. The van der Waals surface area contributed by atoms with Crippen LogP contribution in [0, 0.1) is 23.2 Å². The van der Waals surface area contributed by atoms with Crippen molar-refractivity contribution in [3.8, 4) is 0 Å². The minimum atomic E-state index is -4.69. The fraction of sp³-hybridized carbons (Fsp3) is 0.538. The minimum absolute atomic E-state index is 0.0169. The number of hydrogen-bond donors (Lipinski definition) is 1. The Hall–Kier alpha value is -2.06. The molecule has 3 atom stereocenters. The summed E-state index contributed by atoms with van der Waals surface area (Å²) in [4.78, 5) is 25.9.